The fraction of sp³-hybridized carbons (Fsp3) is 0.267. The number of ether oxygens (including phenoxy) is 1. The second-order valence-electron chi connectivity index (χ2n) is 10.2. The van der Waals surface area contributed by atoms with Gasteiger partial charge >= 0.3 is 0 Å². The van der Waals surface area contributed by atoms with Crippen LogP contribution in [0.3, 0.4) is 0 Å². The van der Waals surface area contributed by atoms with Crippen molar-refractivity contribution in [2.45, 2.75) is 26.0 Å². The molecule has 2 aromatic heterocycles. The number of aromatic nitrogens is 3. The number of hydrogen-bond donors (Lipinski definition) is 1. The number of hydrogen-bond acceptors (Lipinski definition) is 7. The number of Topliss-reactive ketones (excluding diaryl/α,β-unsaturated/α-hetero) is 1. The SMILES string of the molecule is Cc1cc(-c2ccccc2)c(C(=O)C(=O)Nc2ccc3c(c2)OC(C)C2CN(c4ncc(F)cn4)CCN32)n1C. The second-order valence-corrected chi connectivity index (χ2v) is 10.2. The predicted molar refractivity (Wildman–Crippen MR) is 150 cm³/mol. The zero-order valence-corrected chi connectivity index (χ0v) is 22.5. The van der Waals surface area contributed by atoms with Gasteiger partial charge in [-0.1, -0.05) is 30.3 Å². The lowest BCUT2D eigenvalue weighted by molar-refractivity contribution is -0.112. The number of amides is 1. The zero-order valence-electron chi connectivity index (χ0n) is 22.5. The number of carbonyl (C=O) groups excluding carboxylic acids is 2. The van der Waals surface area contributed by atoms with Gasteiger partial charge in [-0.3, -0.25) is 9.59 Å². The molecule has 2 atom stereocenters. The van der Waals surface area contributed by atoms with Gasteiger partial charge in [-0.2, -0.15) is 0 Å². The molecule has 2 unspecified atom stereocenters. The first kappa shape index (κ1) is 25.5. The molecule has 6 rings (SSSR count). The zero-order chi connectivity index (χ0) is 28.0. The number of nitrogens with one attached hydrogen (secondary N) is 1. The normalized spacial score (nSPS) is 18.0. The molecule has 1 amide bonds. The summed E-state index contributed by atoms with van der Waals surface area (Å²) in [5.41, 5.74) is 4.21. The molecular formula is C30H29FN6O3. The summed E-state index contributed by atoms with van der Waals surface area (Å²) in [6.45, 7) is 5.89. The summed E-state index contributed by atoms with van der Waals surface area (Å²) < 4.78 is 21.3. The van der Waals surface area contributed by atoms with Gasteiger partial charge in [0.15, 0.2) is 5.82 Å². The first-order chi connectivity index (χ1) is 19.3. The highest BCUT2D eigenvalue weighted by Crippen LogP contribution is 2.40. The Morgan fingerprint density at radius 3 is 2.55 bits per heavy atom. The van der Waals surface area contributed by atoms with Gasteiger partial charge in [0.05, 0.1) is 24.1 Å². The van der Waals surface area contributed by atoms with Crippen LogP contribution in [0.4, 0.5) is 21.7 Å². The molecule has 204 valence electrons. The average Bonchev–Trinajstić information content (AvgIpc) is 3.27. The molecule has 1 fully saturated rings. The molecule has 9 nitrogen and oxygen atoms in total. The number of ketones is 1. The third kappa shape index (κ3) is 4.55. The van der Waals surface area contributed by atoms with Crippen LogP contribution in [0.2, 0.25) is 0 Å². The lowest BCUT2D eigenvalue weighted by atomic mass is 10.0. The fourth-order valence-corrected chi connectivity index (χ4v) is 5.50. The third-order valence-corrected chi connectivity index (χ3v) is 7.67. The number of nitrogens with zero attached hydrogens (tertiary/aromatic N) is 5. The molecule has 4 aromatic rings. The van der Waals surface area contributed by atoms with E-state index in [1.807, 2.05) is 61.2 Å². The van der Waals surface area contributed by atoms with E-state index in [1.165, 1.54) is 12.4 Å². The van der Waals surface area contributed by atoms with Crippen molar-refractivity contribution >= 4 is 29.0 Å². The molecule has 0 bridgehead atoms. The number of carbonyl (C=O) groups is 2. The summed E-state index contributed by atoms with van der Waals surface area (Å²) in [4.78, 5) is 39.1. The van der Waals surface area contributed by atoms with Crippen LogP contribution < -0.4 is 19.9 Å². The van der Waals surface area contributed by atoms with Gasteiger partial charge < -0.3 is 24.4 Å². The minimum absolute atomic E-state index is 0.0360. The largest absolute Gasteiger partial charge is 0.486 e. The Morgan fingerprint density at radius 2 is 1.80 bits per heavy atom. The number of anilines is 3. The molecule has 40 heavy (non-hydrogen) atoms. The van der Waals surface area contributed by atoms with Gasteiger partial charge in [0.25, 0.3) is 11.7 Å². The number of fused-ring (bicyclic) bond motifs is 3. The molecular weight excluding hydrogens is 511 g/mol. The Bertz CT molecular complexity index is 1590. The van der Waals surface area contributed by atoms with Crippen molar-refractivity contribution in [3.63, 3.8) is 0 Å². The van der Waals surface area contributed by atoms with Crippen LogP contribution in [0.1, 0.15) is 23.1 Å². The van der Waals surface area contributed by atoms with E-state index in [0.717, 1.165) is 22.5 Å². The molecule has 1 saturated heterocycles. The third-order valence-electron chi connectivity index (χ3n) is 7.67. The van der Waals surface area contributed by atoms with E-state index in [2.05, 4.69) is 20.2 Å². The molecule has 0 spiro atoms. The van der Waals surface area contributed by atoms with E-state index in [-0.39, 0.29) is 12.1 Å². The summed E-state index contributed by atoms with van der Waals surface area (Å²) in [5.74, 6) is -0.662. The van der Waals surface area contributed by atoms with Crippen LogP contribution in [0.25, 0.3) is 11.1 Å². The van der Waals surface area contributed by atoms with Gasteiger partial charge in [-0.05, 0) is 37.6 Å². The Morgan fingerprint density at radius 1 is 1.05 bits per heavy atom. The van der Waals surface area contributed by atoms with Crippen molar-refractivity contribution in [3.05, 3.63) is 84.2 Å². The predicted octanol–water partition coefficient (Wildman–Crippen LogP) is 4.23. The Kier molecular flexibility index (Phi) is 6.45. The van der Waals surface area contributed by atoms with E-state index in [1.54, 1.807) is 23.7 Å². The average molecular weight is 541 g/mol. The summed E-state index contributed by atoms with van der Waals surface area (Å²) in [6.07, 6.45) is 2.18. The molecule has 2 aromatic carbocycles. The number of aryl methyl sites for hydroxylation is 1. The molecule has 0 saturated carbocycles. The van der Waals surface area contributed by atoms with Crippen molar-refractivity contribution in [1.29, 1.82) is 0 Å². The maximum absolute atomic E-state index is 13.4. The van der Waals surface area contributed by atoms with E-state index < -0.39 is 17.5 Å². The quantitative estimate of drug-likeness (QED) is 0.299. The van der Waals surface area contributed by atoms with Gasteiger partial charge in [0.2, 0.25) is 5.95 Å². The minimum atomic E-state index is -0.715. The van der Waals surface area contributed by atoms with E-state index >= 15 is 0 Å². The summed E-state index contributed by atoms with van der Waals surface area (Å²) >= 11 is 0. The van der Waals surface area contributed by atoms with Gasteiger partial charge in [0, 0.05) is 49.7 Å². The standard InChI is InChI=1S/C30H29FN6O3/c1-18-13-23(20-7-5-4-6-8-20)27(35(18)3)28(38)29(39)34-22-9-10-24-26(14-22)40-19(2)25-17-36(11-12-37(24)25)30-32-15-21(31)16-33-30/h4-10,13-16,19,25H,11-12,17H2,1-3H3,(H,34,39). The van der Waals surface area contributed by atoms with Crippen LogP contribution in [-0.2, 0) is 11.8 Å². The fourth-order valence-electron chi connectivity index (χ4n) is 5.50. The minimum Gasteiger partial charge on any atom is -0.486 e. The molecule has 2 aliphatic heterocycles. The molecule has 4 heterocycles. The van der Waals surface area contributed by atoms with Crippen molar-refractivity contribution in [1.82, 2.24) is 14.5 Å². The summed E-state index contributed by atoms with van der Waals surface area (Å²) in [6, 6.07) is 17.0. The smallest absolute Gasteiger partial charge is 0.298 e. The first-order valence-corrected chi connectivity index (χ1v) is 13.2. The van der Waals surface area contributed by atoms with E-state index in [9.17, 15) is 14.0 Å². The lowest BCUT2D eigenvalue weighted by Gasteiger charge is -2.48. The monoisotopic (exact) mass is 540 g/mol. The maximum atomic E-state index is 13.4. The van der Waals surface area contributed by atoms with E-state index in [4.69, 9.17) is 4.74 Å². The summed E-state index contributed by atoms with van der Waals surface area (Å²) in [5, 5.41) is 2.77. The highest BCUT2D eigenvalue weighted by molar-refractivity contribution is 6.47. The highest BCUT2D eigenvalue weighted by atomic mass is 19.1. The molecule has 0 aliphatic carbocycles. The topological polar surface area (TPSA) is 92.6 Å². The summed E-state index contributed by atoms with van der Waals surface area (Å²) in [7, 11) is 1.79. The van der Waals surface area contributed by atoms with Gasteiger partial charge in [-0.15, -0.1) is 0 Å². The lowest BCUT2D eigenvalue weighted by Crippen LogP contribution is -2.60. The van der Waals surface area contributed by atoms with Crippen molar-refractivity contribution < 1.29 is 18.7 Å². The van der Waals surface area contributed by atoms with Crippen molar-refractivity contribution in [2.75, 3.05) is 34.8 Å². The van der Waals surface area contributed by atoms with Crippen molar-refractivity contribution in [3.8, 4) is 16.9 Å². The van der Waals surface area contributed by atoms with Crippen LogP contribution in [0, 0.1) is 12.7 Å². The Labute approximate surface area is 231 Å². The van der Waals surface area contributed by atoms with Crippen LogP contribution in [0.5, 0.6) is 5.75 Å². The molecule has 0 radical (unpaired) electrons. The van der Waals surface area contributed by atoms with Crippen LogP contribution >= 0.6 is 0 Å². The Balaban J connectivity index is 1.20. The number of piperazine rings is 1. The molecule has 10 heteroatoms. The van der Waals surface area contributed by atoms with Crippen LogP contribution in [0.15, 0.2) is 67.0 Å². The number of benzene rings is 2. The van der Waals surface area contributed by atoms with Crippen LogP contribution in [-0.4, -0.2) is 58.0 Å². The molecule has 2 aliphatic rings. The first-order valence-electron chi connectivity index (χ1n) is 13.2. The number of rotatable bonds is 5. The maximum Gasteiger partial charge on any atom is 0.298 e. The number of halogens is 1. The molecule has 1 N–H and O–H groups in total. The van der Waals surface area contributed by atoms with E-state index in [0.29, 0.717) is 42.7 Å². The highest BCUT2D eigenvalue weighted by Gasteiger charge is 2.38. The second kappa shape index (κ2) is 10.1. The Hall–Kier alpha value is -4.73. The van der Waals surface area contributed by atoms with Gasteiger partial charge in [-0.25, -0.2) is 14.4 Å². The van der Waals surface area contributed by atoms with Crippen molar-refractivity contribution in [2.24, 2.45) is 7.05 Å². The van der Waals surface area contributed by atoms with Gasteiger partial charge in [0.1, 0.15) is 17.5 Å².